The van der Waals surface area contributed by atoms with Crippen LogP contribution in [-0.4, -0.2) is 20.2 Å². The van der Waals surface area contributed by atoms with Crippen LogP contribution in [0.2, 0.25) is 0 Å². The predicted octanol–water partition coefficient (Wildman–Crippen LogP) is 3.73. The van der Waals surface area contributed by atoms with Crippen LogP contribution in [0.1, 0.15) is 32.8 Å². The third-order valence-corrected chi connectivity index (χ3v) is 2.82. The maximum absolute atomic E-state index is 5.24. The van der Waals surface area contributed by atoms with Crippen molar-refractivity contribution in [3.8, 4) is 5.75 Å². The van der Waals surface area contributed by atoms with Crippen molar-refractivity contribution in [3.05, 3.63) is 35.4 Å². The highest BCUT2D eigenvalue weighted by molar-refractivity contribution is 5.55. The normalized spacial score (nSPS) is 11.9. The number of nitrogens with one attached hydrogen (secondary N) is 1. The molecule has 0 radical (unpaired) electrons. The van der Waals surface area contributed by atoms with Crippen LogP contribution in [0.3, 0.4) is 0 Å². The minimum absolute atomic E-state index is 0.694. The molecule has 0 aromatic heterocycles. The fourth-order valence-electron chi connectivity index (χ4n) is 1.77. The second-order valence-electron chi connectivity index (χ2n) is 4.96. The zero-order valence-electron chi connectivity index (χ0n) is 12.0. The standard InChI is InChI=1S/C16H25NO/c1-5-14(12-17-11-13(2)3)9-15-7-6-8-16(10-15)18-4/h6-10,13,17H,5,11-12H2,1-4H3. The van der Waals surface area contributed by atoms with Crippen LogP contribution in [0, 0.1) is 5.92 Å². The van der Waals surface area contributed by atoms with Gasteiger partial charge in [0.1, 0.15) is 5.75 Å². The maximum atomic E-state index is 5.24. The summed E-state index contributed by atoms with van der Waals surface area (Å²) in [7, 11) is 1.70. The van der Waals surface area contributed by atoms with E-state index < -0.39 is 0 Å². The molecule has 2 heteroatoms. The van der Waals surface area contributed by atoms with Gasteiger partial charge in [0, 0.05) is 6.54 Å². The summed E-state index contributed by atoms with van der Waals surface area (Å²) < 4.78 is 5.24. The Kier molecular flexibility index (Phi) is 6.51. The highest BCUT2D eigenvalue weighted by Crippen LogP contribution is 2.16. The van der Waals surface area contributed by atoms with Gasteiger partial charge < -0.3 is 10.1 Å². The molecule has 100 valence electrons. The minimum Gasteiger partial charge on any atom is -0.497 e. The lowest BCUT2D eigenvalue weighted by atomic mass is 10.1. The molecule has 0 aliphatic carbocycles. The Morgan fingerprint density at radius 1 is 1.39 bits per heavy atom. The highest BCUT2D eigenvalue weighted by atomic mass is 16.5. The summed E-state index contributed by atoms with van der Waals surface area (Å²) in [5.41, 5.74) is 2.63. The van der Waals surface area contributed by atoms with Crippen molar-refractivity contribution >= 4 is 6.08 Å². The zero-order valence-corrected chi connectivity index (χ0v) is 12.0. The third kappa shape index (κ3) is 5.37. The Morgan fingerprint density at radius 2 is 2.17 bits per heavy atom. The Balaban J connectivity index is 2.64. The van der Waals surface area contributed by atoms with Gasteiger partial charge in [0.25, 0.3) is 0 Å². The Labute approximate surface area is 111 Å². The van der Waals surface area contributed by atoms with E-state index in [0.29, 0.717) is 5.92 Å². The predicted molar refractivity (Wildman–Crippen MR) is 79.0 cm³/mol. The lowest BCUT2D eigenvalue weighted by molar-refractivity contribution is 0.414. The van der Waals surface area contributed by atoms with Crippen LogP contribution in [0.5, 0.6) is 5.75 Å². The van der Waals surface area contributed by atoms with Crippen molar-refractivity contribution in [2.24, 2.45) is 5.92 Å². The van der Waals surface area contributed by atoms with Gasteiger partial charge in [-0.2, -0.15) is 0 Å². The van der Waals surface area contributed by atoms with Crippen molar-refractivity contribution in [1.82, 2.24) is 5.32 Å². The van der Waals surface area contributed by atoms with Gasteiger partial charge in [0.2, 0.25) is 0 Å². The molecule has 1 aromatic rings. The number of rotatable bonds is 7. The van der Waals surface area contributed by atoms with Gasteiger partial charge in [-0.25, -0.2) is 0 Å². The second-order valence-corrected chi connectivity index (χ2v) is 4.96. The summed E-state index contributed by atoms with van der Waals surface area (Å²) in [5.74, 6) is 1.61. The van der Waals surface area contributed by atoms with Crippen LogP contribution in [0.25, 0.3) is 6.08 Å². The molecule has 1 N–H and O–H groups in total. The monoisotopic (exact) mass is 247 g/mol. The molecule has 1 aromatic carbocycles. The van der Waals surface area contributed by atoms with Gasteiger partial charge in [0.15, 0.2) is 0 Å². The van der Waals surface area contributed by atoms with Crippen LogP contribution >= 0.6 is 0 Å². The topological polar surface area (TPSA) is 21.3 Å². The number of hydrogen-bond donors (Lipinski definition) is 1. The van der Waals surface area contributed by atoms with Crippen LogP contribution < -0.4 is 10.1 Å². The summed E-state index contributed by atoms with van der Waals surface area (Å²) in [5, 5.41) is 3.49. The third-order valence-electron chi connectivity index (χ3n) is 2.82. The van der Waals surface area contributed by atoms with E-state index in [1.807, 2.05) is 12.1 Å². The molecule has 0 saturated heterocycles. The summed E-state index contributed by atoms with van der Waals surface area (Å²) in [6.45, 7) is 8.68. The lowest BCUT2D eigenvalue weighted by Gasteiger charge is -2.10. The summed E-state index contributed by atoms with van der Waals surface area (Å²) in [6.07, 6.45) is 3.32. The van der Waals surface area contributed by atoms with Gasteiger partial charge >= 0.3 is 0 Å². The van der Waals surface area contributed by atoms with Crippen molar-refractivity contribution in [3.63, 3.8) is 0 Å². The molecule has 0 bridgehead atoms. The smallest absolute Gasteiger partial charge is 0.119 e. The van der Waals surface area contributed by atoms with Crippen molar-refractivity contribution in [2.75, 3.05) is 20.2 Å². The molecule has 0 saturated carbocycles. The number of ether oxygens (including phenoxy) is 1. The van der Waals surface area contributed by atoms with E-state index in [0.717, 1.165) is 25.3 Å². The molecule has 2 nitrogen and oxygen atoms in total. The molecule has 0 atom stereocenters. The summed E-state index contributed by atoms with van der Waals surface area (Å²) in [4.78, 5) is 0. The second kappa shape index (κ2) is 7.93. The highest BCUT2D eigenvalue weighted by Gasteiger charge is 1.98. The number of methoxy groups -OCH3 is 1. The van der Waals surface area contributed by atoms with Gasteiger partial charge in [-0.1, -0.05) is 44.6 Å². The molecule has 0 aliphatic rings. The number of hydrogen-bond acceptors (Lipinski definition) is 2. The average molecular weight is 247 g/mol. The zero-order chi connectivity index (χ0) is 13.4. The van der Waals surface area contributed by atoms with E-state index in [4.69, 9.17) is 4.74 Å². The summed E-state index contributed by atoms with van der Waals surface area (Å²) >= 11 is 0. The molecular formula is C16H25NO. The Morgan fingerprint density at radius 3 is 2.78 bits per heavy atom. The molecule has 18 heavy (non-hydrogen) atoms. The first-order chi connectivity index (χ1) is 8.65. The molecule has 0 heterocycles. The SMILES string of the molecule is CCC(=Cc1cccc(OC)c1)CNCC(C)C. The lowest BCUT2D eigenvalue weighted by Crippen LogP contribution is -2.21. The van der Waals surface area contributed by atoms with Crippen LogP contribution in [-0.2, 0) is 0 Å². The maximum Gasteiger partial charge on any atom is 0.119 e. The molecule has 0 amide bonds. The van der Waals surface area contributed by atoms with Crippen LogP contribution in [0.15, 0.2) is 29.8 Å². The largest absolute Gasteiger partial charge is 0.497 e. The van der Waals surface area contributed by atoms with E-state index in [-0.39, 0.29) is 0 Å². The minimum atomic E-state index is 0.694. The van der Waals surface area contributed by atoms with Crippen molar-refractivity contribution < 1.29 is 4.74 Å². The quantitative estimate of drug-likeness (QED) is 0.792. The first kappa shape index (κ1) is 14.8. The molecule has 0 unspecified atom stereocenters. The molecule has 0 aliphatic heterocycles. The Bertz CT molecular complexity index is 382. The van der Waals surface area contributed by atoms with Gasteiger partial charge in [-0.05, 0) is 36.6 Å². The molecule has 0 fully saturated rings. The van der Waals surface area contributed by atoms with E-state index in [2.05, 4.69) is 44.3 Å². The van der Waals surface area contributed by atoms with Crippen LogP contribution in [0.4, 0.5) is 0 Å². The fourth-order valence-corrected chi connectivity index (χ4v) is 1.77. The molecular weight excluding hydrogens is 222 g/mol. The number of benzene rings is 1. The van der Waals surface area contributed by atoms with Crippen molar-refractivity contribution in [2.45, 2.75) is 27.2 Å². The summed E-state index contributed by atoms with van der Waals surface area (Å²) in [6, 6.07) is 8.18. The molecule has 1 rings (SSSR count). The fraction of sp³-hybridized carbons (Fsp3) is 0.500. The van der Waals surface area contributed by atoms with Gasteiger partial charge in [-0.15, -0.1) is 0 Å². The van der Waals surface area contributed by atoms with Gasteiger partial charge in [-0.3, -0.25) is 0 Å². The molecule has 0 spiro atoms. The van der Waals surface area contributed by atoms with E-state index in [1.165, 1.54) is 11.1 Å². The van der Waals surface area contributed by atoms with E-state index >= 15 is 0 Å². The average Bonchev–Trinajstić information content (AvgIpc) is 2.37. The van der Waals surface area contributed by atoms with E-state index in [9.17, 15) is 0 Å². The Hall–Kier alpha value is -1.28. The van der Waals surface area contributed by atoms with E-state index in [1.54, 1.807) is 7.11 Å². The van der Waals surface area contributed by atoms with Gasteiger partial charge in [0.05, 0.1) is 7.11 Å². The van der Waals surface area contributed by atoms with Crippen molar-refractivity contribution in [1.29, 1.82) is 0 Å². The first-order valence-corrected chi connectivity index (χ1v) is 6.70. The first-order valence-electron chi connectivity index (χ1n) is 6.70.